The van der Waals surface area contributed by atoms with Gasteiger partial charge >= 0.3 is 0 Å². The Labute approximate surface area is 132 Å². The predicted octanol–water partition coefficient (Wildman–Crippen LogP) is 1.46. The Hall–Kier alpha value is -2.89. The lowest BCUT2D eigenvalue weighted by Gasteiger charge is -2.26. The van der Waals surface area contributed by atoms with Gasteiger partial charge in [0.1, 0.15) is 0 Å². The predicted molar refractivity (Wildman–Crippen MR) is 86.2 cm³/mol. The van der Waals surface area contributed by atoms with E-state index in [0.29, 0.717) is 18.7 Å². The van der Waals surface area contributed by atoms with Gasteiger partial charge in [-0.25, -0.2) is 4.98 Å². The van der Waals surface area contributed by atoms with Gasteiger partial charge in [-0.1, -0.05) is 18.2 Å². The second-order valence-electron chi connectivity index (χ2n) is 5.78. The number of rotatable bonds is 1. The Morgan fingerprint density at radius 2 is 2.13 bits per heavy atom. The van der Waals surface area contributed by atoms with Crippen LogP contribution in [0.5, 0.6) is 0 Å². The number of para-hydroxylation sites is 1. The minimum atomic E-state index is -0.175. The van der Waals surface area contributed by atoms with Gasteiger partial charge in [0, 0.05) is 31.5 Å². The van der Waals surface area contributed by atoms with Gasteiger partial charge in [0.05, 0.1) is 35.3 Å². The number of aromatic amines is 1. The fourth-order valence-corrected chi connectivity index (χ4v) is 3.14. The van der Waals surface area contributed by atoms with Gasteiger partial charge in [0.25, 0.3) is 11.5 Å². The summed E-state index contributed by atoms with van der Waals surface area (Å²) in [5.74, 6) is -0.112. The van der Waals surface area contributed by atoms with Gasteiger partial charge in [0.2, 0.25) is 0 Å². The van der Waals surface area contributed by atoms with E-state index in [4.69, 9.17) is 0 Å². The van der Waals surface area contributed by atoms with E-state index in [2.05, 4.69) is 9.97 Å². The summed E-state index contributed by atoms with van der Waals surface area (Å²) in [7, 11) is 1.72. The van der Waals surface area contributed by atoms with Crippen molar-refractivity contribution in [3.63, 3.8) is 0 Å². The normalized spacial score (nSPS) is 14.0. The number of carbonyl (C=O) groups excluding carboxylic acids is 1. The number of aryl methyl sites for hydroxylation is 1. The average Bonchev–Trinajstić information content (AvgIpc) is 3.05. The molecular weight excluding hydrogens is 292 g/mol. The summed E-state index contributed by atoms with van der Waals surface area (Å²) in [5.41, 5.74) is 3.04. The first-order chi connectivity index (χ1) is 11.1. The molecule has 1 aliphatic heterocycles. The van der Waals surface area contributed by atoms with E-state index in [0.717, 1.165) is 28.7 Å². The van der Waals surface area contributed by atoms with Crippen molar-refractivity contribution >= 4 is 16.8 Å². The molecule has 0 atom stereocenters. The number of imidazole rings is 1. The minimum absolute atomic E-state index is 0.112. The summed E-state index contributed by atoms with van der Waals surface area (Å²) in [6.45, 7) is 1.11. The van der Waals surface area contributed by atoms with E-state index < -0.39 is 0 Å². The number of carbonyl (C=O) groups is 1. The fourth-order valence-electron chi connectivity index (χ4n) is 3.14. The van der Waals surface area contributed by atoms with Crippen LogP contribution in [0.1, 0.15) is 21.7 Å². The molecule has 0 radical (unpaired) electrons. The molecule has 6 heteroatoms. The largest absolute Gasteiger partial charge is 0.347 e. The number of fused-ring (bicyclic) bond motifs is 2. The lowest BCUT2D eigenvalue weighted by molar-refractivity contribution is 0.0733. The van der Waals surface area contributed by atoms with Crippen molar-refractivity contribution < 1.29 is 4.79 Å². The van der Waals surface area contributed by atoms with E-state index in [1.54, 1.807) is 22.8 Å². The lowest BCUT2D eigenvalue weighted by Crippen LogP contribution is -2.37. The molecule has 2 aromatic heterocycles. The zero-order valence-corrected chi connectivity index (χ0v) is 12.7. The van der Waals surface area contributed by atoms with Crippen molar-refractivity contribution in [2.75, 3.05) is 6.54 Å². The molecule has 0 bridgehead atoms. The molecule has 3 heterocycles. The van der Waals surface area contributed by atoms with E-state index in [-0.39, 0.29) is 11.5 Å². The molecule has 0 unspecified atom stereocenters. The van der Waals surface area contributed by atoms with Gasteiger partial charge in [0.15, 0.2) is 0 Å². The third-order valence-corrected chi connectivity index (χ3v) is 4.45. The number of H-pyrrole nitrogens is 1. The van der Waals surface area contributed by atoms with Crippen LogP contribution in [0.4, 0.5) is 0 Å². The molecule has 6 nitrogen and oxygen atoms in total. The molecule has 116 valence electrons. The summed E-state index contributed by atoms with van der Waals surface area (Å²) in [4.78, 5) is 34.2. The van der Waals surface area contributed by atoms with E-state index >= 15 is 0 Å². The highest BCUT2D eigenvalue weighted by Gasteiger charge is 2.25. The van der Waals surface area contributed by atoms with Gasteiger partial charge in [-0.15, -0.1) is 0 Å². The van der Waals surface area contributed by atoms with Gasteiger partial charge in [-0.3, -0.25) is 9.59 Å². The van der Waals surface area contributed by atoms with E-state index in [1.165, 1.54) is 6.07 Å². The highest BCUT2D eigenvalue weighted by Crippen LogP contribution is 2.21. The molecule has 3 aromatic rings. The number of nitrogens with zero attached hydrogens (tertiary/aromatic N) is 3. The SMILES string of the molecule is Cn1c(=O)cc(C(=O)N2CCc3nc[nH]c3C2)c2ccccc21. The Kier molecular flexibility index (Phi) is 3.04. The zero-order chi connectivity index (χ0) is 16.0. The first-order valence-electron chi connectivity index (χ1n) is 7.54. The maximum Gasteiger partial charge on any atom is 0.255 e. The zero-order valence-electron chi connectivity index (χ0n) is 12.7. The van der Waals surface area contributed by atoms with Crippen LogP contribution in [-0.4, -0.2) is 31.9 Å². The standard InChI is InChI=1S/C17H16N4O2/c1-20-15-5-3-2-4-11(15)12(8-16(20)22)17(23)21-7-6-13-14(9-21)19-10-18-13/h2-5,8,10H,6-7,9H2,1H3,(H,18,19). The molecule has 0 saturated heterocycles. The number of amides is 1. The number of pyridine rings is 1. The quantitative estimate of drug-likeness (QED) is 0.740. The Balaban J connectivity index is 1.79. The van der Waals surface area contributed by atoms with Crippen LogP contribution >= 0.6 is 0 Å². The van der Waals surface area contributed by atoms with Crippen molar-refractivity contribution in [2.24, 2.45) is 7.05 Å². The topological polar surface area (TPSA) is 71.0 Å². The Morgan fingerprint density at radius 1 is 1.30 bits per heavy atom. The van der Waals surface area contributed by atoms with Gasteiger partial charge in [-0.05, 0) is 6.07 Å². The highest BCUT2D eigenvalue weighted by atomic mass is 16.2. The summed E-state index contributed by atoms with van der Waals surface area (Å²) >= 11 is 0. The molecule has 0 saturated carbocycles. The summed E-state index contributed by atoms with van der Waals surface area (Å²) < 4.78 is 1.56. The maximum absolute atomic E-state index is 13.0. The van der Waals surface area contributed by atoms with Crippen LogP contribution in [0.15, 0.2) is 41.5 Å². The summed E-state index contributed by atoms with van der Waals surface area (Å²) in [6.07, 6.45) is 2.39. The van der Waals surface area contributed by atoms with E-state index in [1.807, 2.05) is 24.3 Å². The average molecular weight is 308 g/mol. The van der Waals surface area contributed by atoms with Crippen molar-refractivity contribution in [1.29, 1.82) is 0 Å². The highest BCUT2D eigenvalue weighted by molar-refractivity contribution is 6.06. The molecule has 1 aliphatic rings. The molecule has 0 fully saturated rings. The van der Waals surface area contributed by atoms with Crippen LogP contribution in [0.25, 0.3) is 10.9 Å². The van der Waals surface area contributed by atoms with Crippen LogP contribution in [0.3, 0.4) is 0 Å². The number of nitrogens with one attached hydrogen (secondary N) is 1. The summed E-state index contributed by atoms with van der Waals surface area (Å²) in [5, 5.41) is 0.801. The Bertz CT molecular complexity index is 970. The third-order valence-electron chi connectivity index (χ3n) is 4.45. The van der Waals surface area contributed by atoms with Gasteiger partial charge in [-0.2, -0.15) is 0 Å². The minimum Gasteiger partial charge on any atom is -0.347 e. The van der Waals surface area contributed by atoms with Crippen molar-refractivity contribution in [2.45, 2.75) is 13.0 Å². The molecule has 4 rings (SSSR count). The second-order valence-corrected chi connectivity index (χ2v) is 5.78. The molecular formula is C17H16N4O2. The first-order valence-corrected chi connectivity index (χ1v) is 7.54. The molecule has 23 heavy (non-hydrogen) atoms. The van der Waals surface area contributed by atoms with E-state index in [9.17, 15) is 9.59 Å². The molecule has 1 N–H and O–H groups in total. The molecule has 1 aromatic carbocycles. The summed E-state index contributed by atoms with van der Waals surface area (Å²) in [6, 6.07) is 8.93. The van der Waals surface area contributed by atoms with Crippen molar-refractivity contribution in [3.05, 3.63) is 64.0 Å². The van der Waals surface area contributed by atoms with Crippen molar-refractivity contribution in [3.8, 4) is 0 Å². The van der Waals surface area contributed by atoms with Crippen LogP contribution in [0.2, 0.25) is 0 Å². The van der Waals surface area contributed by atoms with Crippen molar-refractivity contribution in [1.82, 2.24) is 19.4 Å². The maximum atomic E-state index is 13.0. The monoisotopic (exact) mass is 308 g/mol. The third kappa shape index (κ3) is 2.14. The number of hydrogen-bond donors (Lipinski definition) is 1. The fraction of sp³-hybridized carbons (Fsp3) is 0.235. The number of hydrogen-bond acceptors (Lipinski definition) is 3. The second kappa shape index (κ2) is 5.08. The molecule has 0 spiro atoms. The molecule has 1 amide bonds. The van der Waals surface area contributed by atoms with Crippen LogP contribution in [-0.2, 0) is 20.0 Å². The van der Waals surface area contributed by atoms with Crippen LogP contribution in [0, 0.1) is 0 Å². The first kappa shape index (κ1) is 13.8. The van der Waals surface area contributed by atoms with Crippen LogP contribution < -0.4 is 5.56 Å². The smallest absolute Gasteiger partial charge is 0.255 e. The Morgan fingerprint density at radius 3 is 3.00 bits per heavy atom. The molecule has 0 aliphatic carbocycles. The van der Waals surface area contributed by atoms with Gasteiger partial charge < -0.3 is 14.5 Å². The number of benzene rings is 1. The number of aromatic nitrogens is 3. The lowest BCUT2D eigenvalue weighted by atomic mass is 10.1.